The Bertz CT molecular complexity index is 1390. The number of carbonyl (C=O) groups is 1. The van der Waals surface area contributed by atoms with Gasteiger partial charge >= 0.3 is 18.4 Å². The number of piperidine rings is 1. The summed E-state index contributed by atoms with van der Waals surface area (Å²) < 4.78 is 102. The zero-order chi connectivity index (χ0) is 31.2. The number of para-hydroxylation sites is 1. The molecule has 0 saturated carbocycles. The molecule has 0 bridgehead atoms. The van der Waals surface area contributed by atoms with E-state index >= 15 is 0 Å². The molecule has 1 aromatic heterocycles. The fourth-order valence-corrected chi connectivity index (χ4v) is 4.98. The number of carbonyl (C=O) groups excluding carboxylic acids is 1. The van der Waals surface area contributed by atoms with Crippen molar-refractivity contribution in [2.45, 2.75) is 51.0 Å². The molecule has 15 heteroatoms. The molecule has 2 heterocycles. The van der Waals surface area contributed by atoms with Gasteiger partial charge in [0.2, 0.25) is 0 Å². The van der Waals surface area contributed by atoms with Crippen molar-refractivity contribution in [1.82, 2.24) is 14.9 Å². The van der Waals surface area contributed by atoms with Crippen LogP contribution in [0.15, 0.2) is 42.6 Å². The molecule has 3 aromatic rings. The molecule has 43 heavy (non-hydrogen) atoms. The molecule has 0 spiro atoms. The average molecular weight is 622 g/mol. The first kappa shape index (κ1) is 32.5. The van der Waals surface area contributed by atoms with E-state index in [1.807, 2.05) is 0 Å². The fourth-order valence-electron chi connectivity index (χ4n) is 4.98. The Morgan fingerprint density at radius 2 is 1.79 bits per heavy atom. The van der Waals surface area contributed by atoms with Crippen molar-refractivity contribution in [3.8, 4) is 5.75 Å². The Morgan fingerprint density at radius 3 is 2.47 bits per heavy atom. The van der Waals surface area contributed by atoms with Crippen molar-refractivity contribution >= 4 is 16.8 Å². The Labute approximate surface area is 241 Å². The van der Waals surface area contributed by atoms with Crippen molar-refractivity contribution in [1.29, 1.82) is 0 Å². The van der Waals surface area contributed by atoms with Crippen LogP contribution in [0.5, 0.6) is 5.75 Å². The first-order chi connectivity index (χ1) is 20.4. The smallest absolute Gasteiger partial charge is 0.404 e. The molecule has 0 aliphatic carbocycles. The molecule has 1 aliphatic heterocycles. The summed E-state index contributed by atoms with van der Waals surface area (Å²) in [5.41, 5.74) is 1.49. The molecule has 8 nitrogen and oxygen atoms in total. The predicted molar refractivity (Wildman–Crippen MR) is 139 cm³/mol. The largest absolute Gasteiger partial charge is 0.573 e. The minimum absolute atomic E-state index is 0.0316. The lowest BCUT2D eigenvalue weighted by molar-refractivity contribution is -0.274. The highest BCUT2D eigenvalue weighted by molar-refractivity contribution is 5.89. The second-order valence-electron chi connectivity index (χ2n) is 9.90. The first-order valence-corrected chi connectivity index (χ1v) is 13.4. The normalized spacial score (nSPS) is 15.3. The number of ether oxygens (including phenoxy) is 2. The molecule has 2 aromatic carbocycles. The highest BCUT2D eigenvalue weighted by Crippen LogP contribution is 2.35. The van der Waals surface area contributed by atoms with Gasteiger partial charge in [0.25, 0.3) is 0 Å². The molecular weight excluding hydrogens is 591 g/mol. The number of nitrogens with zero attached hydrogens (tertiary/aromatic N) is 2. The predicted octanol–water partition coefficient (Wildman–Crippen LogP) is 5.18. The van der Waals surface area contributed by atoms with E-state index < -0.39 is 30.8 Å². The summed E-state index contributed by atoms with van der Waals surface area (Å²) in [5.74, 6) is -3.19. The minimum Gasteiger partial charge on any atom is -0.404 e. The van der Waals surface area contributed by atoms with E-state index in [1.165, 1.54) is 24.3 Å². The molecule has 0 unspecified atom stereocenters. The molecule has 0 radical (unpaired) electrons. The second kappa shape index (κ2) is 13.9. The van der Waals surface area contributed by atoms with Gasteiger partial charge in [-0.25, -0.2) is 4.39 Å². The van der Waals surface area contributed by atoms with Crippen LogP contribution in [0.3, 0.4) is 0 Å². The van der Waals surface area contributed by atoms with Gasteiger partial charge in [0, 0.05) is 43.3 Å². The number of amides is 1. The molecule has 1 aliphatic rings. The molecule has 2 N–H and O–H groups in total. The molecule has 0 atom stereocenters. The van der Waals surface area contributed by atoms with Crippen molar-refractivity contribution in [3.63, 3.8) is 0 Å². The number of halogens is 7. The van der Waals surface area contributed by atoms with E-state index in [-0.39, 0.29) is 50.2 Å². The number of nitrogens with one attached hydrogen (secondary N) is 1. The molecular formula is C28H30F7N3O5. The summed E-state index contributed by atoms with van der Waals surface area (Å²) in [5, 5.41) is 12.9. The monoisotopic (exact) mass is 621 g/mol. The van der Waals surface area contributed by atoms with Gasteiger partial charge in [-0.05, 0) is 42.0 Å². The third-order valence-electron chi connectivity index (χ3n) is 6.95. The van der Waals surface area contributed by atoms with Crippen LogP contribution in [-0.2, 0) is 34.1 Å². The number of alkyl halides is 6. The molecule has 4 rings (SSSR count). The van der Waals surface area contributed by atoms with E-state index in [0.29, 0.717) is 48.0 Å². The van der Waals surface area contributed by atoms with Gasteiger partial charge in [-0.1, -0.05) is 24.3 Å². The zero-order valence-corrected chi connectivity index (χ0v) is 22.8. The van der Waals surface area contributed by atoms with Gasteiger partial charge in [0.1, 0.15) is 5.82 Å². The van der Waals surface area contributed by atoms with Gasteiger partial charge in [0.15, 0.2) is 5.75 Å². The SMILES string of the molecule is O=C(NCc1ccc(F)c(C2CCN(OCc3cn(CCOCCO)c4c(OC(F)(F)F)cccc34)CC2)c1)C(F)(F)F. The number of rotatable bonds is 12. The lowest BCUT2D eigenvalue weighted by Crippen LogP contribution is -2.36. The topological polar surface area (TPSA) is 85.2 Å². The number of hydrogen-bond donors (Lipinski definition) is 2. The molecule has 1 fully saturated rings. The van der Waals surface area contributed by atoms with Gasteiger partial charge in [-0.2, -0.15) is 18.2 Å². The van der Waals surface area contributed by atoms with Gasteiger partial charge in [0.05, 0.1) is 31.9 Å². The highest BCUT2D eigenvalue weighted by atomic mass is 19.4. The van der Waals surface area contributed by atoms with E-state index in [1.54, 1.807) is 27.2 Å². The van der Waals surface area contributed by atoms with Crippen LogP contribution in [0, 0.1) is 5.82 Å². The summed E-state index contributed by atoms with van der Waals surface area (Å²) in [6, 6.07) is 8.24. The number of aliphatic hydroxyl groups excluding tert-OH is 1. The Hall–Kier alpha value is -3.40. The molecule has 236 valence electrons. The zero-order valence-electron chi connectivity index (χ0n) is 22.8. The Kier molecular flexibility index (Phi) is 10.5. The van der Waals surface area contributed by atoms with Crippen LogP contribution in [-0.4, -0.2) is 66.1 Å². The van der Waals surface area contributed by atoms with Crippen LogP contribution < -0.4 is 10.1 Å². The van der Waals surface area contributed by atoms with E-state index in [2.05, 4.69) is 4.74 Å². The average Bonchev–Trinajstić information content (AvgIpc) is 3.31. The summed E-state index contributed by atoms with van der Waals surface area (Å²) in [7, 11) is 0. The van der Waals surface area contributed by atoms with Crippen LogP contribution in [0.25, 0.3) is 10.9 Å². The molecule has 1 saturated heterocycles. The van der Waals surface area contributed by atoms with Gasteiger partial charge in [-0.15, -0.1) is 13.2 Å². The number of hydrogen-bond acceptors (Lipinski definition) is 6. The number of hydroxylamine groups is 2. The minimum atomic E-state index is -5.02. The third-order valence-corrected chi connectivity index (χ3v) is 6.95. The summed E-state index contributed by atoms with van der Waals surface area (Å²) in [4.78, 5) is 17.1. The number of aromatic nitrogens is 1. The van der Waals surface area contributed by atoms with E-state index in [4.69, 9.17) is 14.7 Å². The summed E-state index contributed by atoms with van der Waals surface area (Å²) in [6.07, 6.45) is -7.31. The van der Waals surface area contributed by atoms with Crippen molar-refractivity contribution in [3.05, 3.63) is 65.1 Å². The first-order valence-electron chi connectivity index (χ1n) is 13.4. The van der Waals surface area contributed by atoms with Crippen LogP contribution >= 0.6 is 0 Å². The van der Waals surface area contributed by atoms with E-state index in [0.717, 1.165) is 6.07 Å². The standard InChI is InChI=1S/C28H30F7N3O5/c29-23-5-4-18(15-36-26(40)27(30,31)32)14-22(23)19-6-8-38(9-7-19)42-17-20-16-37(10-12-41-13-11-39)25-21(20)2-1-3-24(25)43-28(33,34)35/h1-5,14,16,19,39H,6-13,15,17H2,(H,36,40). The maximum atomic E-state index is 14.6. The maximum Gasteiger partial charge on any atom is 0.573 e. The number of benzene rings is 2. The summed E-state index contributed by atoms with van der Waals surface area (Å²) in [6.45, 7) is 0.664. The van der Waals surface area contributed by atoms with Crippen LogP contribution in [0.2, 0.25) is 0 Å². The Morgan fingerprint density at radius 1 is 1.05 bits per heavy atom. The van der Waals surface area contributed by atoms with Gasteiger partial charge < -0.3 is 24.5 Å². The highest BCUT2D eigenvalue weighted by Gasteiger charge is 2.38. The van der Waals surface area contributed by atoms with Crippen LogP contribution in [0.4, 0.5) is 30.7 Å². The van der Waals surface area contributed by atoms with Gasteiger partial charge in [-0.3, -0.25) is 9.63 Å². The quantitative estimate of drug-likeness (QED) is 0.214. The Balaban J connectivity index is 1.40. The van der Waals surface area contributed by atoms with Crippen molar-refractivity contribution in [2.75, 3.05) is 32.9 Å². The fraction of sp³-hybridized carbons (Fsp3) is 0.464. The second-order valence-corrected chi connectivity index (χ2v) is 9.90. The van der Waals surface area contributed by atoms with Crippen molar-refractivity contribution < 1.29 is 54.9 Å². The maximum absolute atomic E-state index is 14.6. The lowest BCUT2D eigenvalue weighted by atomic mass is 9.88. The molecule has 1 amide bonds. The summed E-state index contributed by atoms with van der Waals surface area (Å²) >= 11 is 0. The van der Waals surface area contributed by atoms with Crippen LogP contribution in [0.1, 0.15) is 35.4 Å². The number of aliphatic hydroxyl groups is 1. The number of fused-ring (bicyclic) bond motifs is 1. The van der Waals surface area contributed by atoms with Crippen molar-refractivity contribution in [2.24, 2.45) is 0 Å². The van der Waals surface area contributed by atoms with E-state index in [9.17, 15) is 35.5 Å². The lowest BCUT2D eigenvalue weighted by Gasteiger charge is -2.31. The third kappa shape index (κ3) is 8.81.